The first-order valence-electron chi connectivity index (χ1n) is 12.7. The summed E-state index contributed by atoms with van der Waals surface area (Å²) in [6.07, 6.45) is 8.50. The molecular formula is C28H34N2O6. The van der Waals surface area contributed by atoms with Crippen LogP contribution in [0.5, 0.6) is 0 Å². The molecule has 2 fully saturated rings. The molecule has 1 N–H and O–H groups in total. The number of aryl methyl sites for hydroxylation is 2. The number of amides is 2. The molecule has 8 nitrogen and oxygen atoms in total. The molecule has 8 heteroatoms. The zero-order valence-electron chi connectivity index (χ0n) is 21.3. The van der Waals surface area contributed by atoms with E-state index in [1.807, 2.05) is 63.3 Å². The molecule has 1 unspecified atom stereocenters. The lowest BCUT2D eigenvalue weighted by molar-refractivity contribution is -0.161. The third-order valence-electron chi connectivity index (χ3n) is 8.23. The Hall–Kier alpha value is -2.97. The predicted octanol–water partition coefficient (Wildman–Crippen LogP) is 2.45. The molecule has 5 rings (SSSR count). The summed E-state index contributed by atoms with van der Waals surface area (Å²) in [5.74, 6) is -2.97. The molecule has 2 saturated heterocycles. The smallest absolute Gasteiger partial charge is 0.313 e. The van der Waals surface area contributed by atoms with Gasteiger partial charge in [0.1, 0.15) is 23.2 Å². The number of carbonyl (C=O) groups excluding carboxylic acids is 3. The zero-order chi connectivity index (χ0) is 25.8. The Morgan fingerprint density at radius 2 is 1.89 bits per heavy atom. The number of esters is 1. The molecule has 1 spiro atoms. The number of benzene rings is 1. The highest BCUT2D eigenvalue weighted by molar-refractivity contribution is 6.06. The van der Waals surface area contributed by atoms with E-state index < -0.39 is 41.1 Å². The Bertz CT molecular complexity index is 1160. The first-order chi connectivity index (χ1) is 17.2. The van der Waals surface area contributed by atoms with Crippen molar-refractivity contribution in [3.05, 3.63) is 53.6 Å². The average molecular weight is 495 g/mol. The van der Waals surface area contributed by atoms with Gasteiger partial charge in [-0.3, -0.25) is 14.4 Å². The summed E-state index contributed by atoms with van der Waals surface area (Å²) in [6, 6.07) is 4.26. The Labute approximate surface area is 211 Å². The van der Waals surface area contributed by atoms with Crippen LogP contribution in [0.25, 0.3) is 0 Å². The predicted molar refractivity (Wildman–Crippen MR) is 133 cm³/mol. The summed E-state index contributed by atoms with van der Waals surface area (Å²) in [5.41, 5.74) is 0.289. The molecule has 6 atom stereocenters. The fraction of sp³-hybridized carbons (Fsp3) is 0.536. The van der Waals surface area contributed by atoms with Gasteiger partial charge in [-0.15, -0.1) is 0 Å². The van der Waals surface area contributed by atoms with E-state index >= 15 is 0 Å². The number of ether oxygens (including phenoxy) is 2. The van der Waals surface area contributed by atoms with E-state index in [2.05, 4.69) is 0 Å². The van der Waals surface area contributed by atoms with Crippen molar-refractivity contribution in [1.82, 2.24) is 4.90 Å². The quantitative estimate of drug-likeness (QED) is 0.510. The fourth-order valence-corrected chi connectivity index (χ4v) is 6.46. The highest BCUT2D eigenvalue weighted by Crippen LogP contribution is 2.58. The summed E-state index contributed by atoms with van der Waals surface area (Å²) >= 11 is 0. The minimum atomic E-state index is -1.36. The maximum absolute atomic E-state index is 14.4. The van der Waals surface area contributed by atoms with Crippen LogP contribution in [0, 0.1) is 25.7 Å². The van der Waals surface area contributed by atoms with Crippen LogP contribution in [0.1, 0.15) is 37.8 Å². The van der Waals surface area contributed by atoms with Crippen molar-refractivity contribution < 1.29 is 29.0 Å². The molecule has 1 aromatic rings. The Morgan fingerprint density at radius 3 is 2.61 bits per heavy atom. The maximum atomic E-state index is 14.4. The number of aliphatic hydroxyl groups is 1. The third-order valence-corrected chi connectivity index (χ3v) is 8.23. The molecular weight excluding hydrogens is 460 g/mol. The summed E-state index contributed by atoms with van der Waals surface area (Å²) in [4.78, 5) is 45.0. The third kappa shape index (κ3) is 3.38. The monoisotopic (exact) mass is 494 g/mol. The van der Waals surface area contributed by atoms with Crippen LogP contribution in [0.2, 0.25) is 0 Å². The van der Waals surface area contributed by atoms with E-state index in [1.165, 1.54) is 4.90 Å². The molecule has 4 aliphatic heterocycles. The lowest BCUT2D eigenvalue weighted by Gasteiger charge is -2.40. The Balaban J connectivity index is 1.70. The second kappa shape index (κ2) is 8.85. The van der Waals surface area contributed by atoms with Crippen LogP contribution in [-0.4, -0.2) is 70.8 Å². The van der Waals surface area contributed by atoms with E-state index in [1.54, 1.807) is 11.8 Å². The van der Waals surface area contributed by atoms with Crippen LogP contribution in [0.3, 0.4) is 0 Å². The molecule has 36 heavy (non-hydrogen) atoms. The first-order valence-corrected chi connectivity index (χ1v) is 12.7. The van der Waals surface area contributed by atoms with Crippen LogP contribution in [-0.2, 0) is 23.9 Å². The summed E-state index contributed by atoms with van der Waals surface area (Å²) in [6.45, 7) is 7.76. The molecule has 0 saturated carbocycles. The van der Waals surface area contributed by atoms with Gasteiger partial charge in [-0.1, -0.05) is 43.4 Å². The van der Waals surface area contributed by atoms with Crippen molar-refractivity contribution >= 4 is 23.5 Å². The number of cyclic esters (lactones) is 1. The average Bonchev–Trinajstić information content (AvgIpc) is 3.21. The number of aliphatic hydroxyl groups excluding tert-OH is 1. The summed E-state index contributed by atoms with van der Waals surface area (Å²) < 4.78 is 12.4. The van der Waals surface area contributed by atoms with Gasteiger partial charge in [-0.05, 0) is 50.8 Å². The minimum absolute atomic E-state index is 0.231. The van der Waals surface area contributed by atoms with Crippen molar-refractivity contribution in [2.24, 2.45) is 11.8 Å². The van der Waals surface area contributed by atoms with Crippen LogP contribution >= 0.6 is 0 Å². The SMILES string of the molecule is CC[C@]12C=CCCOC(=O)[C@H]1[C@H]1C(=O)N([C@H](C)CO)C3C(=O)N(c4cc(C)ccc4C)CC=C[C@@]31O2. The van der Waals surface area contributed by atoms with Crippen LogP contribution in [0.15, 0.2) is 42.5 Å². The number of rotatable bonds is 4. The van der Waals surface area contributed by atoms with Crippen molar-refractivity contribution in [2.45, 2.75) is 63.8 Å². The molecule has 4 heterocycles. The van der Waals surface area contributed by atoms with Crippen LogP contribution < -0.4 is 4.90 Å². The lowest BCUT2D eigenvalue weighted by atomic mass is 9.73. The number of likely N-dealkylation sites (tertiary alicyclic amines) is 1. The highest BCUT2D eigenvalue weighted by Gasteiger charge is 2.75. The largest absolute Gasteiger partial charge is 0.465 e. The van der Waals surface area contributed by atoms with E-state index in [-0.39, 0.29) is 25.0 Å². The molecule has 2 amide bonds. The van der Waals surface area contributed by atoms with Gasteiger partial charge in [0.05, 0.1) is 25.2 Å². The zero-order valence-corrected chi connectivity index (χ0v) is 21.3. The van der Waals surface area contributed by atoms with Crippen molar-refractivity contribution in [1.29, 1.82) is 0 Å². The lowest BCUT2D eigenvalue weighted by Crippen LogP contribution is -2.58. The molecule has 0 aromatic heterocycles. The first kappa shape index (κ1) is 24.7. The molecule has 4 aliphatic rings. The van der Waals surface area contributed by atoms with E-state index in [0.29, 0.717) is 19.4 Å². The van der Waals surface area contributed by atoms with E-state index in [4.69, 9.17) is 9.47 Å². The van der Waals surface area contributed by atoms with Gasteiger partial charge >= 0.3 is 5.97 Å². The number of fused-ring (bicyclic) bond motifs is 2. The number of hydrogen-bond donors (Lipinski definition) is 1. The van der Waals surface area contributed by atoms with Gasteiger partial charge in [0, 0.05) is 12.2 Å². The second-order valence-electron chi connectivity index (χ2n) is 10.4. The molecule has 192 valence electrons. The highest BCUT2D eigenvalue weighted by atomic mass is 16.6. The van der Waals surface area contributed by atoms with Crippen molar-refractivity contribution in [3.8, 4) is 0 Å². The minimum Gasteiger partial charge on any atom is -0.465 e. The van der Waals surface area contributed by atoms with E-state index in [9.17, 15) is 19.5 Å². The number of nitrogens with zero attached hydrogens (tertiary/aromatic N) is 2. The summed E-state index contributed by atoms with van der Waals surface area (Å²) in [5, 5.41) is 10.1. The number of hydrogen-bond acceptors (Lipinski definition) is 6. The second-order valence-corrected chi connectivity index (χ2v) is 10.4. The van der Waals surface area contributed by atoms with Gasteiger partial charge in [-0.25, -0.2) is 0 Å². The normalized spacial score (nSPS) is 34.5. The van der Waals surface area contributed by atoms with Gasteiger partial charge in [0.25, 0.3) is 5.91 Å². The topological polar surface area (TPSA) is 96.4 Å². The van der Waals surface area contributed by atoms with Gasteiger partial charge in [0.15, 0.2) is 0 Å². The van der Waals surface area contributed by atoms with Crippen molar-refractivity contribution in [3.63, 3.8) is 0 Å². The molecule has 0 radical (unpaired) electrons. The Morgan fingerprint density at radius 1 is 1.11 bits per heavy atom. The maximum Gasteiger partial charge on any atom is 0.313 e. The van der Waals surface area contributed by atoms with Gasteiger partial charge < -0.3 is 24.4 Å². The van der Waals surface area contributed by atoms with Crippen molar-refractivity contribution in [2.75, 3.05) is 24.7 Å². The summed E-state index contributed by atoms with van der Waals surface area (Å²) in [7, 11) is 0. The van der Waals surface area contributed by atoms with Gasteiger partial charge in [0.2, 0.25) is 5.91 Å². The van der Waals surface area contributed by atoms with Gasteiger partial charge in [-0.2, -0.15) is 0 Å². The number of carbonyl (C=O) groups is 3. The molecule has 0 bridgehead atoms. The molecule has 0 aliphatic carbocycles. The molecule has 1 aromatic carbocycles. The Kier molecular flexibility index (Phi) is 6.08. The fourth-order valence-electron chi connectivity index (χ4n) is 6.46. The van der Waals surface area contributed by atoms with Crippen LogP contribution in [0.4, 0.5) is 5.69 Å². The van der Waals surface area contributed by atoms with E-state index in [0.717, 1.165) is 16.8 Å². The standard InChI is InChI=1S/C28H34N2O6/c1-5-27-11-6-7-14-35-26(34)22(27)21-24(32)30(19(4)16-31)23-25(33)29(13-8-12-28(21,23)36-27)20-15-17(2)9-10-18(20)3/h6,8-12,15,19,21-23,31H,5,7,13-14,16H2,1-4H3/t19-,21+,22-,23?,27+,28+/m1/s1. The number of anilines is 1.